The average molecular weight is 320 g/mol. The number of rotatable bonds is 3. The smallest absolute Gasteiger partial charge is 0.124 e. The summed E-state index contributed by atoms with van der Waals surface area (Å²) < 4.78 is 12.9. The minimum Gasteiger partial charge on any atom is -0.207 e. The maximum Gasteiger partial charge on any atom is 0.124 e. The molecular formula is C12H9BrClFS. The van der Waals surface area contributed by atoms with E-state index in [0.29, 0.717) is 5.02 Å². The molecule has 4 heteroatoms. The highest BCUT2D eigenvalue weighted by molar-refractivity contribution is 9.09. The second-order valence-corrected chi connectivity index (χ2v) is 5.76. The highest BCUT2D eigenvalue weighted by Crippen LogP contribution is 2.33. The van der Waals surface area contributed by atoms with E-state index in [2.05, 4.69) is 27.4 Å². The molecule has 0 amide bonds. The molecule has 0 saturated heterocycles. The number of benzene rings is 1. The largest absolute Gasteiger partial charge is 0.207 e. The van der Waals surface area contributed by atoms with Crippen LogP contribution < -0.4 is 0 Å². The maximum atomic E-state index is 12.9. The van der Waals surface area contributed by atoms with Crippen LogP contribution in [-0.4, -0.2) is 0 Å². The van der Waals surface area contributed by atoms with Crippen molar-refractivity contribution < 1.29 is 4.39 Å². The molecule has 0 aliphatic carbocycles. The molecule has 0 saturated carbocycles. The van der Waals surface area contributed by atoms with Crippen LogP contribution >= 0.6 is 38.9 Å². The summed E-state index contributed by atoms with van der Waals surface area (Å²) in [5.41, 5.74) is 2.18. The number of hydrogen-bond donors (Lipinski definition) is 0. The van der Waals surface area contributed by atoms with E-state index in [4.69, 9.17) is 11.6 Å². The number of alkyl halides is 1. The first-order chi connectivity index (χ1) is 7.66. The van der Waals surface area contributed by atoms with Gasteiger partial charge in [0.1, 0.15) is 5.82 Å². The third-order valence-corrected chi connectivity index (χ3v) is 4.17. The van der Waals surface area contributed by atoms with Gasteiger partial charge >= 0.3 is 0 Å². The second-order valence-electron chi connectivity index (χ2n) is 3.47. The molecule has 0 nitrogen and oxygen atoms in total. The lowest BCUT2D eigenvalue weighted by Gasteiger charge is -2.11. The van der Waals surface area contributed by atoms with Gasteiger partial charge in [-0.15, -0.1) is 0 Å². The Hall–Kier alpha value is -0.380. The lowest BCUT2D eigenvalue weighted by molar-refractivity contribution is 0.627. The van der Waals surface area contributed by atoms with Crippen molar-refractivity contribution in [2.24, 2.45) is 0 Å². The Labute approximate surface area is 111 Å². The Morgan fingerprint density at radius 1 is 1.38 bits per heavy atom. The standard InChI is InChI=1S/C12H9BrClFS/c13-11(5-8-3-4-16-7-8)10-2-1-9(15)6-12(10)14/h1-4,6-7,11H,5H2. The van der Waals surface area contributed by atoms with Crippen LogP contribution in [0.25, 0.3) is 0 Å². The highest BCUT2D eigenvalue weighted by atomic mass is 79.9. The van der Waals surface area contributed by atoms with Crippen molar-refractivity contribution in [1.29, 1.82) is 0 Å². The third-order valence-electron chi connectivity index (χ3n) is 2.29. The van der Waals surface area contributed by atoms with Crippen molar-refractivity contribution in [2.45, 2.75) is 11.2 Å². The number of hydrogen-bond acceptors (Lipinski definition) is 1. The predicted octanol–water partition coefficient (Wildman–Crippen LogP) is 5.22. The van der Waals surface area contributed by atoms with Gasteiger partial charge in [0, 0.05) is 9.85 Å². The zero-order valence-electron chi connectivity index (χ0n) is 8.29. The van der Waals surface area contributed by atoms with E-state index < -0.39 is 0 Å². The number of thiophene rings is 1. The summed E-state index contributed by atoms with van der Waals surface area (Å²) in [5.74, 6) is -0.302. The molecule has 1 aromatic carbocycles. The lowest BCUT2D eigenvalue weighted by Crippen LogP contribution is -1.95. The quantitative estimate of drug-likeness (QED) is 0.680. The van der Waals surface area contributed by atoms with Gasteiger partial charge in [-0.05, 0) is 46.5 Å². The van der Waals surface area contributed by atoms with Crippen molar-refractivity contribution >= 4 is 38.9 Å². The van der Waals surface area contributed by atoms with Crippen LogP contribution in [0.4, 0.5) is 4.39 Å². The zero-order valence-corrected chi connectivity index (χ0v) is 11.4. The molecule has 0 bridgehead atoms. The van der Waals surface area contributed by atoms with Crippen LogP contribution in [0.2, 0.25) is 5.02 Å². The van der Waals surface area contributed by atoms with Crippen LogP contribution in [0, 0.1) is 5.82 Å². The molecule has 1 heterocycles. The van der Waals surface area contributed by atoms with Crippen LogP contribution in [0.5, 0.6) is 0 Å². The SMILES string of the molecule is Fc1ccc(C(Br)Cc2ccsc2)c(Cl)c1. The fourth-order valence-corrected chi connectivity index (χ4v) is 3.37. The average Bonchev–Trinajstić information content (AvgIpc) is 2.70. The van der Waals surface area contributed by atoms with E-state index in [1.54, 1.807) is 17.4 Å². The molecule has 0 N–H and O–H groups in total. The molecule has 0 aliphatic heterocycles. The van der Waals surface area contributed by atoms with Gasteiger partial charge < -0.3 is 0 Å². The van der Waals surface area contributed by atoms with Gasteiger partial charge in [-0.1, -0.05) is 33.6 Å². The van der Waals surface area contributed by atoms with Crippen molar-refractivity contribution in [3.8, 4) is 0 Å². The minimum atomic E-state index is -0.302. The molecule has 0 fully saturated rings. The fourth-order valence-electron chi connectivity index (χ4n) is 1.48. The van der Waals surface area contributed by atoms with Gasteiger partial charge in [-0.3, -0.25) is 0 Å². The summed E-state index contributed by atoms with van der Waals surface area (Å²) in [4.78, 5) is 0.121. The summed E-state index contributed by atoms with van der Waals surface area (Å²) in [5, 5.41) is 4.62. The van der Waals surface area contributed by atoms with Crippen molar-refractivity contribution in [3.05, 3.63) is 57.0 Å². The summed E-state index contributed by atoms with van der Waals surface area (Å²) in [6.07, 6.45) is 0.856. The van der Waals surface area contributed by atoms with Gasteiger partial charge in [0.05, 0.1) is 0 Å². The molecule has 16 heavy (non-hydrogen) atoms. The van der Waals surface area contributed by atoms with E-state index in [0.717, 1.165) is 12.0 Å². The van der Waals surface area contributed by atoms with Gasteiger partial charge in [0.2, 0.25) is 0 Å². The van der Waals surface area contributed by atoms with Crippen LogP contribution in [0.3, 0.4) is 0 Å². The van der Waals surface area contributed by atoms with E-state index in [1.165, 1.54) is 17.7 Å². The summed E-state index contributed by atoms with van der Waals surface area (Å²) in [7, 11) is 0. The summed E-state index contributed by atoms with van der Waals surface area (Å²) in [6, 6.07) is 6.58. The molecule has 0 radical (unpaired) electrons. The van der Waals surface area contributed by atoms with Crippen LogP contribution in [0.15, 0.2) is 35.0 Å². The Kier molecular flexibility index (Phi) is 4.00. The highest BCUT2D eigenvalue weighted by Gasteiger charge is 2.12. The molecule has 84 valence electrons. The van der Waals surface area contributed by atoms with Gasteiger partial charge in [0.25, 0.3) is 0 Å². The van der Waals surface area contributed by atoms with Crippen molar-refractivity contribution in [1.82, 2.24) is 0 Å². The normalized spacial score (nSPS) is 12.7. The number of halogens is 3. The maximum absolute atomic E-state index is 12.9. The Morgan fingerprint density at radius 3 is 2.81 bits per heavy atom. The Morgan fingerprint density at radius 2 is 2.19 bits per heavy atom. The second kappa shape index (κ2) is 5.30. The summed E-state index contributed by atoms with van der Waals surface area (Å²) in [6.45, 7) is 0. The molecule has 1 aromatic heterocycles. The van der Waals surface area contributed by atoms with Crippen molar-refractivity contribution in [3.63, 3.8) is 0 Å². The first-order valence-electron chi connectivity index (χ1n) is 4.77. The van der Waals surface area contributed by atoms with Gasteiger partial charge in [0.15, 0.2) is 0 Å². The van der Waals surface area contributed by atoms with Crippen molar-refractivity contribution in [2.75, 3.05) is 0 Å². The molecule has 1 unspecified atom stereocenters. The van der Waals surface area contributed by atoms with Gasteiger partial charge in [-0.2, -0.15) is 11.3 Å². The topological polar surface area (TPSA) is 0 Å². The Bertz CT molecular complexity index is 470. The summed E-state index contributed by atoms with van der Waals surface area (Å²) >= 11 is 11.2. The predicted molar refractivity (Wildman–Crippen MR) is 71.1 cm³/mol. The van der Waals surface area contributed by atoms with E-state index in [9.17, 15) is 4.39 Å². The fraction of sp³-hybridized carbons (Fsp3) is 0.167. The van der Waals surface area contributed by atoms with Crippen LogP contribution in [0.1, 0.15) is 16.0 Å². The van der Waals surface area contributed by atoms with E-state index >= 15 is 0 Å². The van der Waals surface area contributed by atoms with E-state index in [1.807, 2.05) is 5.38 Å². The monoisotopic (exact) mass is 318 g/mol. The van der Waals surface area contributed by atoms with Gasteiger partial charge in [-0.25, -0.2) is 4.39 Å². The molecular weight excluding hydrogens is 311 g/mol. The first-order valence-corrected chi connectivity index (χ1v) is 7.00. The first kappa shape index (κ1) is 12.1. The van der Waals surface area contributed by atoms with E-state index in [-0.39, 0.29) is 10.6 Å². The molecule has 0 aliphatic rings. The zero-order chi connectivity index (χ0) is 11.5. The third kappa shape index (κ3) is 2.84. The Balaban J connectivity index is 2.17. The minimum absolute atomic E-state index is 0.121. The molecule has 0 spiro atoms. The molecule has 2 aromatic rings. The lowest BCUT2D eigenvalue weighted by atomic mass is 10.1. The van der Waals surface area contributed by atoms with Crippen LogP contribution in [-0.2, 0) is 6.42 Å². The molecule has 2 rings (SSSR count). The molecule has 1 atom stereocenters.